The Bertz CT molecular complexity index is 281. The summed E-state index contributed by atoms with van der Waals surface area (Å²) in [6.45, 7) is 5.61. The maximum absolute atomic E-state index is 11.5. The van der Waals surface area contributed by atoms with Crippen molar-refractivity contribution in [2.75, 3.05) is 0 Å². The fraction of sp³-hybridized carbons (Fsp3) is 0.273. The van der Waals surface area contributed by atoms with E-state index in [1.165, 1.54) is 0 Å². The summed E-state index contributed by atoms with van der Waals surface area (Å²) in [5, 5.41) is 11.5. The van der Waals surface area contributed by atoms with Gasteiger partial charge in [0.05, 0.1) is 0 Å². The monoisotopic (exact) mass is 184 g/mol. The molecule has 1 nitrogen and oxygen atoms in total. The van der Waals surface area contributed by atoms with E-state index in [1.54, 1.807) is 6.08 Å². The summed E-state index contributed by atoms with van der Waals surface area (Å²) < 4.78 is 0. The molecule has 0 aliphatic carbocycles. The van der Waals surface area contributed by atoms with Crippen LogP contribution in [0.25, 0.3) is 0 Å². The van der Waals surface area contributed by atoms with Gasteiger partial charge in [-0.2, -0.15) is 0 Å². The van der Waals surface area contributed by atoms with Gasteiger partial charge in [-0.05, 0) is 12.8 Å². The number of para-hydroxylation sites is 1. The second-order valence-electron chi connectivity index (χ2n) is 2.75. The average Bonchev–Trinajstić information content (AvgIpc) is 2.09. The summed E-state index contributed by atoms with van der Waals surface area (Å²) >= 11 is 0. The predicted molar refractivity (Wildman–Crippen MR) is 49.2 cm³/mol. The molecule has 1 aromatic carbocycles. The fourth-order valence-corrected chi connectivity index (χ4v) is 1.23. The average molecular weight is 184 g/mol. The Morgan fingerprint density at radius 1 is 1.38 bits per heavy atom. The zero-order chi connectivity index (χ0) is 8.97. The van der Waals surface area contributed by atoms with Crippen LogP contribution in [0.2, 0.25) is 0 Å². The quantitative estimate of drug-likeness (QED) is 0.439. The number of benzene rings is 1. The molecule has 0 radical (unpaired) electrons. The summed E-state index contributed by atoms with van der Waals surface area (Å²) in [5.74, 6) is 0.180. The van der Waals surface area contributed by atoms with E-state index in [1.807, 2.05) is 25.1 Å². The number of allylic oxidation sites excluding steroid dienone is 1. The van der Waals surface area contributed by atoms with Gasteiger partial charge in [0.2, 0.25) is 0 Å². The minimum atomic E-state index is 0. The smallest absolute Gasteiger partial charge is 0.872 e. The third-order valence-electron chi connectivity index (χ3n) is 1.92. The SMILES string of the molecule is C=CCc1cccc(CC)c1[O-].[Na+]. The Labute approximate surface area is 102 Å². The molecular weight excluding hydrogens is 171 g/mol. The van der Waals surface area contributed by atoms with Crippen LogP contribution < -0.4 is 34.7 Å². The van der Waals surface area contributed by atoms with Crippen molar-refractivity contribution in [2.45, 2.75) is 19.8 Å². The molecule has 0 saturated heterocycles. The van der Waals surface area contributed by atoms with Crippen molar-refractivity contribution in [1.29, 1.82) is 0 Å². The van der Waals surface area contributed by atoms with Gasteiger partial charge in [0, 0.05) is 0 Å². The molecular formula is C11H13NaO. The molecule has 0 saturated carbocycles. The zero-order valence-corrected chi connectivity index (χ0v) is 10.3. The molecule has 0 amide bonds. The van der Waals surface area contributed by atoms with Crippen LogP contribution in [0, 0.1) is 0 Å². The van der Waals surface area contributed by atoms with E-state index >= 15 is 0 Å². The van der Waals surface area contributed by atoms with Crippen LogP contribution in [0.5, 0.6) is 5.75 Å². The molecule has 1 aromatic rings. The van der Waals surface area contributed by atoms with E-state index in [2.05, 4.69) is 6.58 Å². The summed E-state index contributed by atoms with van der Waals surface area (Å²) in [6.07, 6.45) is 3.24. The van der Waals surface area contributed by atoms with Gasteiger partial charge >= 0.3 is 29.6 Å². The number of hydrogen-bond acceptors (Lipinski definition) is 1. The van der Waals surface area contributed by atoms with Crippen LogP contribution in [0.4, 0.5) is 0 Å². The number of hydrogen-bond donors (Lipinski definition) is 0. The Morgan fingerprint density at radius 2 is 2.00 bits per heavy atom. The second kappa shape index (κ2) is 6.25. The molecule has 1 rings (SSSR count). The first-order valence-corrected chi connectivity index (χ1v) is 4.18. The van der Waals surface area contributed by atoms with Crippen molar-refractivity contribution in [3.8, 4) is 5.75 Å². The normalized spacial score (nSPS) is 9.00. The molecule has 0 aromatic heterocycles. The first kappa shape index (κ1) is 12.8. The van der Waals surface area contributed by atoms with Crippen LogP contribution >= 0.6 is 0 Å². The Kier molecular flexibility index (Phi) is 6.13. The molecule has 0 unspecified atom stereocenters. The molecule has 0 heterocycles. The van der Waals surface area contributed by atoms with E-state index in [4.69, 9.17) is 0 Å². The van der Waals surface area contributed by atoms with Crippen molar-refractivity contribution < 1.29 is 34.7 Å². The van der Waals surface area contributed by atoms with Gasteiger partial charge < -0.3 is 5.11 Å². The standard InChI is InChI=1S/C11H14O.Na/c1-3-6-10-8-5-7-9(4-2)11(10)12;/h3,5,7-8,12H,1,4,6H2,2H3;/q;+1/p-1. The Morgan fingerprint density at radius 3 is 2.54 bits per heavy atom. The molecule has 0 N–H and O–H groups in total. The minimum absolute atomic E-state index is 0. The van der Waals surface area contributed by atoms with Gasteiger partial charge in [-0.1, -0.05) is 42.3 Å². The predicted octanol–water partition coefficient (Wildman–Crippen LogP) is -0.945. The topological polar surface area (TPSA) is 23.1 Å². The van der Waals surface area contributed by atoms with Crippen molar-refractivity contribution in [1.82, 2.24) is 0 Å². The van der Waals surface area contributed by atoms with Crippen LogP contribution in [-0.4, -0.2) is 0 Å². The number of rotatable bonds is 3. The molecule has 2 heteroatoms. The molecule has 0 aliphatic rings. The van der Waals surface area contributed by atoms with Crippen molar-refractivity contribution in [3.05, 3.63) is 42.0 Å². The summed E-state index contributed by atoms with van der Waals surface area (Å²) in [5.41, 5.74) is 1.75. The first-order valence-electron chi connectivity index (χ1n) is 4.18. The van der Waals surface area contributed by atoms with E-state index in [0.29, 0.717) is 6.42 Å². The molecule has 0 bridgehead atoms. The second-order valence-corrected chi connectivity index (χ2v) is 2.75. The summed E-state index contributed by atoms with van der Waals surface area (Å²) in [6, 6.07) is 5.68. The third kappa shape index (κ3) is 3.18. The molecule has 0 aliphatic heterocycles. The first-order chi connectivity index (χ1) is 5.79. The third-order valence-corrected chi connectivity index (χ3v) is 1.92. The van der Waals surface area contributed by atoms with Gasteiger partial charge in [-0.25, -0.2) is 0 Å². The van der Waals surface area contributed by atoms with Gasteiger partial charge in [0.25, 0.3) is 0 Å². The van der Waals surface area contributed by atoms with Crippen LogP contribution in [0.15, 0.2) is 30.9 Å². The maximum atomic E-state index is 11.5. The van der Waals surface area contributed by atoms with Gasteiger partial charge in [-0.3, -0.25) is 0 Å². The largest absolute Gasteiger partial charge is 1.00 e. The van der Waals surface area contributed by atoms with Gasteiger partial charge in [-0.15, -0.1) is 12.3 Å². The van der Waals surface area contributed by atoms with Crippen molar-refractivity contribution in [3.63, 3.8) is 0 Å². The molecule has 0 spiro atoms. The van der Waals surface area contributed by atoms with Crippen LogP contribution in [0.1, 0.15) is 18.1 Å². The zero-order valence-electron chi connectivity index (χ0n) is 8.34. The summed E-state index contributed by atoms with van der Waals surface area (Å²) in [7, 11) is 0. The molecule has 13 heavy (non-hydrogen) atoms. The number of aryl methyl sites for hydroxylation is 1. The summed E-state index contributed by atoms with van der Waals surface area (Å²) in [4.78, 5) is 0. The van der Waals surface area contributed by atoms with E-state index < -0.39 is 0 Å². The fourth-order valence-electron chi connectivity index (χ4n) is 1.23. The Balaban J connectivity index is 0.00000144. The van der Waals surface area contributed by atoms with E-state index in [9.17, 15) is 5.11 Å². The van der Waals surface area contributed by atoms with Crippen LogP contribution in [0.3, 0.4) is 0 Å². The van der Waals surface area contributed by atoms with E-state index in [-0.39, 0.29) is 35.3 Å². The van der Waals surface area contributed by atoms with Gasteiger partial charge in [0.15, 0.2) is 0 Å². The van der Waals surface area contributed by atoms with Crippen LogP contribution in [-0.2, 0) is 12.8 Å². The molecule has 0 atom stereocenters. The molecule has 0 fully saturated rings. The maximum Gasteiger partial charge on any atom is 1.00 e. The van der Waals surface area contributed by atoms with Crippen molar-refractivity contribution >= 4 is 0 Å². The van der Waals surface area contributed by atoms with Gasteiger partial charge in [0.1, 0.15) is 0 Å². The molecule has 64 valence electrons. The van der Waals surface area contributed by atoms with Crippen molar-refractivity contribution in [2.24, 2.45) is 0 Å². The minimum Gasteiger partial charge on any atom is -0.872 e. The Hall–Kier alpha value is -0.240. The van der Waals surface area contributed by atoms with E-state index in [0.717, 1.165) is 17.5 Å².